The van der Waals surface area contributed by atoms with Crippen LogP contribution in [0.25, 0.3) is 0 Å². The van der Waals surface area contributed by atoms with Crippen molar-refractivity contribution < 1.29 is 23.4 Å². The maximum Gasteiger partial charge on any atom is 0.304 e. The third-order valence-electron chi connectivity index (χ3n) is 7.86. The molecule has 37 heavy (non-hydrogen) atoms. The van der Waals surface area contributed by atoms with Gasteiger partial charge in [0.2, 0.25) is 0 Å². The third kappa shape index (κ3) is 6.38. The fourth-order valence-corrected chi connectivity index (χ4v) is 5.79. The molecule has 3 aliphatic rings. The molecule has 5 rings (SSSR count). The van der Waals surface area contributed by atoms with Gasteiger partial charge in [-0.1, -0.05) is 6.07 Å². The van der Waals surface area contributed by atoms with Crippen molar-refractivity contribution in [1.29, 1.82) is 0 Å². The SMILES string of the molecule is O=C(O)C[C@@H](CN1CCC(F)(CCc2ccc3c(n2)NCCC3)C1)c1cc(N2CCOCC2)ccc1F. The molecule has 0 aliphatic carbocycles. The van der Waals surface area contributed by atoms with E-state index in [-0.39, 0.29) is 13.0 Å². The Hall–Kier alpha value is -2.78. The Kier molecular flexibility index (Phi) is 7.90. The summed E-state index contributed by atoms with van der Waals surface area (Å²) in [5, 5.41) is 12.9. The summed E-state index contributed by atoms with van der Waals surface area (Å²) in [7, 11) is 0. The van der Waals surface area contributed by atoms with Crippen LogP contribution in [0.3, 0.4) is 0 Å². The van der Waals surface area contributed by atoms with Gasteiger partial charge in [0.15, 0.2) is 0 Å². The van der Waals surface area contributed by atoms with Crippen LogP contribution < -0.4 is 10.2 Å². The molecule has 1 aromatic carbocycles. The van der Waals surface area contributed by atoms with Crippen molar-refractivity contribution in [2.24, 2.45) is 0 Å². The van der Waals surface area contributed by atoms with Crippen LogP contribution in [0, 0.1) is 5.82 Å². The van der Waals surface area contributed by atoms with Gasteiger partial charge in [0.1, 0.15) is 17.3 Å². The van der Waals surface area contributed by atoms with Crippen LogP contribution in [0.1, 0.15) is 48.4 Å². The number of likely N-dealkylation sites (tertiary alicyclic amines) is 1. The van der Waals surface area contributed by atoms with Crippen LogP contribution in [0.15, 0.2) is 30.3 Å². The number of aliphatic carboxylic acids is 1. The lowest BCUT2D eigenvalue weighted by molar-refractivity contribution is -0.137. The molecular formula is C28H36F2N4O3. The second kappa shape index (κ2) is 11.3. The van der Waals surface area contributed by atoms with E-state index in [9.17, 15) is 14.3 Å². The number of hydrogen-bond acceptors (Lipinski definition) is 6. The number of halogens is 2. The van der Waals surface area contributed by atoms with Gasteiger partial charge >= 0.3 is 5.97 Å². The Morgan fingerprint density at radius 2 is 2.05 bits per heavy atom. The molecule has 2 aromatic rings. The number of fused-ring (bicyclic) bond motifs is 1. The van der Waals surface area contributed by atoms with E-state index in [0.29, 0.717) is 64.2 Å². The number of hydrogen-bond donors (Lipinski definition) is 2. The number of aromatic nitrogens is 1. The number of morpholine rings is 1. The van der Waals surface area contributed by atoms with Gasteiger partial charge in [0, 0.05) is 56.6 Å². The second-order valence-corrected chi connectivity index (χ2v) is 10.6. The van der Waals surface area contributed by atoms with Crippen molar-refractivity contribution in [3.8, 4) is 0 Å². The van der Waals surface area contributed by atoms with Crippen LogP contribution in [0.4, 0.5) is 20.3 Å². The topological polar surface area (TPSA) is 77.9 Å². The number of pyridine rings is 1. The molecule has 2 N–H and O–H groups in total. The molecule has 0 amide bonds. The number of ether oxygens (including phenoxy) is 1. The highest BCUT2D eigenvalue weighted by atomic mass is 19.1. The summed E-state index contributed by atoms with van der Waals surface area (Å²) in [5.41, 5.74) is 1.98. The van der Waals surface area contributed by atoms with Crippen molar-refractivity contribution >= 4 is 17.5 Å². The van der Waals surface area contributed by atoms with E-state index in [4.69, 9.17) is 9.72 Å². The van der Waals surface area contributed by atoms with E-state index in [2.05, 4.69) is 16.3 Å². The molecular weight excluding hydrogens is 478 g/mol. The molecule has 2 atom stereocenters. The lowest BCUT2D eigenvalue weighted by atomic mass is 9.93. The first-order valence-electron chi connectivity index (χ1n) is 13.4. The molecule has 3 aliphatic heterocycles. The van der Waals surface area contributed by atoms with Gasteiger partial charge in [0.25, 0.3) is 0 Å². The first-order chi connectivity index (χ1) is 17.9. The first kappa shape index (κ1) is 25.9. The zero-order valence-electron chi connectivity index (χ0n) is 21.2. The minimum atomic E-state index is -1.37. The summed E-state index contributed by atoms with van der Waals surface area (Å²) in [5.74, 6) is -1.04. The van der Waals surface area contributed by atoms with E-state index >= 15 is 4.39 Å². The van der Waals surface area contributed by atoms with Crippen molar-refractivity contribution in [3.63, 3.8) is 0 Å². The maximum absolute atomic E-state index is 15.8. The van der Waals surface area contributed by atoms with Crippen LogP contribution in [0.5, 0.6) is 0 Å². The average Bonchev–Trinajstić information content (AvgIpc) is 3.28. The number of anilines is 2. The van der Waals surface area contributed by atoms with E-state index in [1.807, 2.05) is 11.0 Å². The maximum atomic E-state index is 15.8. The summed E-state index contributed by atoms with van der Waals surface area (Å²) < 4.78 is 36.2. The predicted octanol–water partition coefficient (Wildman–Crippen LogP) is 4.02. The summed E-state index contributed by atoms with van der Waals surface area (Å²) in [6, 6.07) is 9.00. The van der Waals surface area contributed by atoms with Gasteiger partial charge in [-0.2, -0.15) is 0 Å². The Labute approximate surface area is 216 Å². The normalized spacial score (nSPS) is 22.9. The zero-order valence-corrected chi connectivity index (χ0v) is 21.2. The number of nitrogens with zero attached hydrogens (tertiary/aromatic N) is 3. The molecule has 7 nitrogen and oxygen atoms in total. The van der Waals surface area contributed by atoms with Crippen LogP contribution in [-0.4, -0.2) is 79.1 Å². The molecule has 9 heteroatoms. The summed E-state index contributed by atoms with van der Waals surface area (Å²) in [4.78, 5) is 20.5. The van der Waals surface area contributed by atoms with Crippen molar-refractivity contribution in [3.05, 3.63) is 53.0 Å². The number of carboxylic acids is 1. The monoisotopic (exact) mass is 514 g/mol. The number of rotatable bonds is 9. The fourth-order valence-electron chi connectivity index (χ4n) is 5.79. The number of nitrogens with one attached hydrogen (secondary N) is 1. The molecule has 0 saturated carbocycles. The Bertz CT molecular complexity index is 1110. The highest BCUT2D eigenvalue weighted by Gasteiger charge is 2.39. The van der Waals surface area contributed by atoms with Crippen LogP contribution >= 0.6 is 0 Å². The number of aryl methyl sites for hydroxylation is 2. The molecule has 0 spiro atoms. The van der Waals surface area contributed by atoms with Crippen molar-refractivity contribution in [1.82, 2.24) is 9.88 Å². The number of carbonyl (C=O) groups is 1. The average molecular weight is 515 g/mol. The molecule has 1 aromatic heterocycles. The van der Waals surface area contributed by atoms with Gasteiger partial charge in [-0.05, 0) is 67.5 Å². The zero-order chi connectivity index (χ0) is 25.8. The fraction of sp³-hybridized carbons (Fsp3) is 0.571. The quantitative estimate of drug-likeness (QED) is 0.523. The third-order valence-corrected chi connectivity index (χ3v) is 7.86. The highest BCUT2D eigenvalue weighted by Crippen LogP contribution is 2.34. The molecule has 4 heterocycles. The standard InChI is InChI=1S/C28H36F2N4O3/c29-25-6-5-23(34-12-14-37-15-13-34)17-24(25)21(16-26(35)36)18-33-11-9-28(30,19-33)8-7-22-4-3-20-2-1-10-31-27(20)32-22/h3-6,17,21H,1-2,7-16,18-19H2,(H,31,32)(H,35,36)/t21-,28?/m0/s1. The molecule has 0 radical (unpaired) electrons. The van der Waals surface area contributed by atoms with Crippen LogP contribution in [0.2, 0.25) is 0 Å². The largest absolute Gasteiger partial charge is 0.481 e. The van der Waals surface area contributed by atoms with Gasteiger partial charge < -0.3 is 20.1 Å². The minimum Gasteiger partial charge on any atom is -0.481 e. The van der Waals surface area contributed by atoms with E-state index in [1.165, 1.54) is 11.6 Å². The smallest absolute Gasteiger partial charge is 0.304 e. The molecule has 200 valence electrons. The van der Waals surface area contributed by atoms with Crippen molar-refractivity contribution in [2.45, 2.75) is 50.1 Å². The molecule has 2 fully saturated rings. The number of benzene rings is 1. The summed E-state index contributed by atoms with van der Waals surface area (Å²) in [6.07, 6.45) is 3.21. The van der Waals surface area contributed by atoms with Gasteiger partial charge in [-0.3, -0.25) is 9.69 Å². The lowest BCUT2D eigenvalue weighted by Gasteiger charge is -2.30. The van der Waals surface area contributed by atoms with Crippen molar-refractivity contribution in [2.75, 3.05) is 62.7 Å². The molecule has 2 saturated heterocycles. The first-order valence-corrected chi connectivity index (χ1v) is 13.4. The minimum absolute atomic E-state index is 0.203. The predicted molar refractivity (Wildman–Crippen MR) is 139 cm³/mol. The number of carboxylic acid groups (broad SMARTS) is 1. The Balaban J connectivity index is 1.24. The second-order valence-electron chi connectivity index (χ2n) is 10.6. The molecule has 1 unspecified atom stereocenters. The van der Waals surface area contributed by atoms with E-state index in [1.54, 1.807) is 12.1 Å². The van der Waals surface area contributed by atoms with Gasteiger partial charge in [0.05, 0.1) is 19.6 Å². The van der Waals surface area contributed by atoms with E-state index < -0.39 is 23.4 Å². The van der Waals surface area contributed by atoms with Gasteiger partial charge in [-0.15, -0.1) is 0 Å². The molecule has 0 bridgehead atoms. The summed E-state index contributed by atoms with van der Waals surface area (Å²) >= 11 is 0. The van der Waals surface area contributed by atoms with Gasteiger partial charge in [-0.25, -0.2) is 13.8 Å². The van der Waals surface area contributed by atoms with E-state index in [0.717, 1.165) is 36.6 Å². The Morgan fingerprint density at radius 3 is 2.86 bits per heavy atom. The lowest BCUT2D eigenvalue weighted by Crippen LogP contribution is -2.36. The Morgan fingerprint density at radius 1 is 1.22 bits per heavy atom. The number of alkyl halides is 1. The van der Waals surface area contributed by atoms with Crippen LogP contribution in [-0.2, 0) is 22.4 Å². The summed E-state index contributed by atoms with van der Waals surface area (Å²) in [6.45, 7) is 4.60. The highest BCUT2D eigenvalue weighted by molar-refractivity contribution is 5.68.